The maximum Gasteiger partial charge on any atom is 0.319 e. The molecule has 2 bridgehead atoms. The number of hydrogen-bond donors (Lipinski definition) is 2. The van der Waals surface area contributed by atoms with Gasteiger partial charge in [0.15, 0.2) is 17.5 Å². The van der Waals surface area contributed by atoms with Gasteiger partial charge in [0.05, 0.1) is 12.3 Å². The number of aromatic hydroxyl groups is 1. The number of halogens is 4. The molecule has 3 aromatic carbocycles. The van der Waals surface area contributed by atoms with Crippen molar-refractivity contribution in [2.75, 3.05) is 31.1 Å². The van der Waals surface area contributed by atoms with Gasteiger partial charge in [0.1, 0.15) is 35.2 Å². The van der Waals surface area contributed by atoms with Crippen LogP contribution in [0.3, 0.4) is 0 Å². The van der Waals surface area contributed by atoms with E-state index in [9.17, 15) is 15.3 Å². The van der Waals surface area contributed by atoms with E-state index >= 15 is 8.78 Å². The molecular weight excluding hydrogens is 636 g/mol. The number of benzene rings is 3. The van der Waals surface area contributed by atoms with Crippen LogP contribution < -0.4 is 15.0 Å². The van der Waals surface area contributed by atoms with Crippen LogP contribution in [0.2, 0.25) is 0 Å². The zero-order valence-corrected chi connectivity index (χ0v) is 26.5. The van der Waals surface area contributed by atoms with E-state index in [1.165, 1.54) is 30.5 Å². The molecule has 252 valence electrons. The number of phenolic OH excluding ortho intramolecular Hbond substituents is 1. The van der Waals surface area contributed by atoms with Crippen molar-refractivity contribution in [3.05, 3.63) is 83.6 Å². The van der Waals surface area contributed by atoms with E-state index in [0.29, 0.717) is 43.7 Å². The van der Waals surface area contributed by atoms with Crippen LogP contribution in [0, 0.1) is 23.3 Å². The fraction of sp³-hybridized carbons (Fsp3) is 0.378. The highest BCUT2D eigenvalue weighted by atomic mass is 19.2. The van der Waals surface area contributed by atoms with E-state index in [2.05, 4.69) is 25.1 Å². The molecule has 9 rings (SSSR count). The number of rotatable bonds is 6. The van der Waals surface area contributed by atoms with E-state index in [1.54, 1.807) is 12.1 Å². The topological polar surface area (TPSA) is 86.6 Å². The number of fused-ring (bicyclic) bond motifs is 5. The molecule has 4 saturated heterocycles. The highest BCUT2D eigenvalue weighted by Gasteiger charge is 2.50. The highest BCUT2D eigenvalue weighted by Crippen LogP contribution is 2.49. The molecule has 49 heavy (non-hydrogen) atoms. The minimum atomic E-state index is -1.18. The maximum atomic E-state index is 16.8. The van der Waals surface area contributed by atoms with Crippen molar-refractivity contribution in [1.29, 1.82) is 0 Å². The van der Waals surface area contributed by atoms with Crippen molar-refractivity contribution in [2.24, 2.45) is 0 Å². The number of nitrogens with one attached hydrogen (secondary N) is 1. The molecule has 5 aromatic rings. The molecule has 4 atom stereocenters. The summed E-state index contributed by atoms with van der Waals surface area (Å²) in [5.74, 6) is -3.31. The molecule has 6 heterocycles. The van der Waals surface area contributed by atoms with Gasteiger partial charge in [-0.25, -0.2) is 17.6 Å². The minimum Gasteiger partial charge on any atom is -0.508 e. The number of phenols is 1. The second-order valence-corrected chi connectivity index (χ2v) is 13.7. The summed E-state index contributed by atoms with van der Waals surface area (Å²) in [7, 11) is 0. The molecule has 0 saturated carbocycles. The lowest BCUT2D eigenvalue weighted by Crippen LogP contribution is -2.51. The van der Waals surface area contributed by atoms with Gasteiger partial charge in [-0.1, -0.05) is 18.2 Å². The average molecular weight is 672 g/mol. The summed E-state index contributed by atoms with van der Waals surface area (Å²) < 4.78 is 76.0. The molecule has 2 aromatic heterocycles. The molecule has 0 amide bonds. The van der Waals surface area contributed by atoms with Crippen molar-refractivity contribution in [3.8, 4) is 23.0 Å². The number of anilines is 1. The molecule has 4 aliphatic heterocycles. The van der Waals surface area contributed by atoms with Gasteiger partial charge in [-0.05, 0) is 86.4 Å². The first-order valence-electron chi connectivity index (χ1n) is 17.3. The van der Waals surface area contributed by atoms with Gasteiger partial charge in [0.2, 0.25) is 0 Å². The van der Waals surface area contributed by atoms with Crippen molar-refractivity contribution in [1.82, 2.24) is 25.2 Å². The Bertz CT molecular complexity index is 2160. The normalized spacial score (nSPS) is 26.9. The van der Waals surface area contributed by atoms with E-state index in [-0.39, 0.29) is 63.8 Å². The quantitative estimate of drug-likeness (QED) is 0.191. The van der Waals surface area contributed by atoms with Crippen LogP contribution in [-0.2, 0) is 0 Å². The lowest BCUT2D eigenvalue weighted by molar-refractivity contribution is 0.0845. The van der Waals surface area contributed by atoms with Crippen LogP contribution >= 0.6 is 0 Å². The third kappa shape index (κ3) is 5.06. The molecule has 2 N–H and O–H groups in total. The summed E-state index contributed by atoms with van der Waals surface area (Å²) in [5, 5.41) is 14.4. The molecule has 0 aliphatic carbocycles. The average Bonchev–Trinajstić information content (AvgIpc) is 3.78. The molecule has 0 radical (unpaired) electrons. The van der Waals surface area contributed by atoms with Crippen molar-refractivity contribution in [3.63, 3.8) is 0 Å². The van der Waals surface area contributed by atoms with Crippen molar-refractivity contribution >= 4 is 27.5 Å². The van der Waals surface area contributed by atoms with Gasteiger partial charge in [0, 0.05) is 48.3 Å². The number of pyridine rings is 1. The predicted octanol–water partition coefficient (Wildman–Crippen LogP) is 6.80. The number of nitrogens with zero attached hydrogens (tertiary/aromatic N) is 5. The van der Waals surface area contributed by atoms with Gasteiger partial charge in [0.25, 0.3) is 0 Å². The van der Waals surface area contributed by atoms with Crippen LogP contribution in [0.15, 0.2) is 54.7 Å². The predicted molar refractivity (Wildman–Crippen MR) is 177 cm³/mol. The Balaban J connectivity index is 1.13. The number of ether oxygens (including phenoxy) is 1. The van der Waals surface area contributed by atoms with Crippen LogP contribution in [0.25, 0.3) is 32.9 Å². The number of aromatic nitrogens is 3. The first kappa shape index (κ1) is 29.4. The van der Waals surface area contributed by atoms with Crippen LogP contribution in [-0.4, -0.2) is 68.8 Å². The Labute approximate surface area is 281 Å². The van der Waals surface area contributed by atoms with Gasteiger partial charge >= 0.3 is 6.01 Å². The maximum absolute atomic E-state index is 16.8. The summed E-state index contributed by atoms with van der Waals surface area (Å²) in [5.41, 5.74) is -0.278. The lowest BCUT2D eigenvalue weighted by atomic mass is 9.95. The lowest BCUT2D eigenvalue weighted by Gasteiger charge is -2.35. The van der Waals surface area contributed by atoms with E-state index in [4.69, 9.17) is 9.72 Å². The smallest absolute Gasteiger partial charge is 0.319 e. The van der Waals surface area contributed by atoms with Crippen molar-refractivity contribution in [2.45, 2.75) is 62.2 Å². The fourth-order valence-electron chi connectivity index (χ4n) is 8.52. The molecule has 0 spiro atoms. The molecule has 2 unspecified atom stereocenters. The largest absolute Gasteiger partial charge is 0.508 e. The summed E-state index contributed by atoms with van der Waals surface area (Å²) >= 11 is 0. The second kappa shape index (κ2) is 11.5. The number of hydrogen-bond acceptors (Lipinski definition) is 8. The fourth-order valence-corrected chi connectivity index (χ4v) is 8.52. The summed E-state index contributed by atoms with van der Waals surface area (Å²) in [6, 6.07) is 10.2. The standard InChI is InChI=1S/C37H34F4N6O2/c38-22-5-2-20(3-6-22)29-10-12-37(11-1-13-47(29)37)19-49-36-44-34-27(35(45-36)46-17-23-7-8-24(18-46)43-23)16-42-33(32(34)41)26-15-25(48)14-21-4-9-28(39)31(40)30(21)26/h2-6,9,14-16,23-24,29,43,48H,1,7-8,10-13,17-19H2/t23-,24+,29?,37?/i29D. The van der Waals surface area contributed by atoms with Gasteiger partial charge in [-0.15, -0.1) is 0 Å². The van der Waals surface area contributed by atoms with Crippen molar-refractivity contribution < 1.29 is 28.8 Å². The molecular formula is C37H34F4N6O2. The molecule has 4 fully saturated rings. The summed E-state index contributed by atoms with van der Waals surface area (Å²) in [6.45, 7) is 2.12. The Morgan fingerprint density at radius 1 is 0.959 bits per heavy atom. The molecule has 8 nitrogen and oxygen atoms in total. The Morgan fingerprint density at radius 3 is 2.55 bits per heavy atom. The Kier molecular flexibility index (Phi) is 6.90. The first-order valence-corrected chi connectivity index (χ1v) is 16.8. The zero-order valence-electron chi connectivity index (χ0n) is 27.5. The van der Waals surface area contributed by atoms with Gasteiger partial charge < -0.3 is 20.1 Å². The van der Waals surface area contributed by atoms with Gasteiger partial charge in [-0.2, -0.15) is 9.97 Å². The third-order valence-corrected chi connectivity index (χ3v) is 10.8. The summed E-state index contributed by atoms with van der Waals surface area (Å²) in [4.78, 5) is 18.0. The summed E-state index contributed by atoms with van der Waals surface area (Å²) in [6.07, 6.45) is 6.31. The Hall–Kier alpha value is -4.55. The van der Waals surface area contributed by atoms with Crippen LogP contribution in [0.5, 0.6) is 11.8 Å². The highest BCUT2D eigenvalue weighted by molar-refractivity contribution is 6.00. The van der Waals surface area contributed by atoms with Crippen LogP contribution in [0.1, 0.15) is 51.5 Å². The van der Waals surface area contributed by atoms with Gasteiger partial charge in [-0.3, -0.25) is 9.88 Å². The van der Waals surface area contributed by atoms with E-state index in [0.717, 1.165) is 43.4 Å². The first-order chi connectivity index (χ1) is 24.1. The van der Waals surface area contributed by atoms with E-state index in [1.807, 2.05) is 0 Å². The Morgan fingerprint density at radius 2 is 1.76 bits per heavy atom. The van der Waals surface area contributed by atoms with E-state index < -0.39 is 29.0 Å². The zero-order chi connectivity index (χ0) is 34.4. The minimum absolute atomic E-state index is 0.0436. The monoisotopic (exact) mass is 671 g/mol. The number of piperazine rings is 1. The molecule has 12 heteroatoms. The SMILES string of the molecule is [2H]C1(c2ccc(F)cc2)CCC2(COc3nc(N4C[C@H]5CC[C@@H](C4)N5)c4cnc(-c5cc(O)cc6ccc(F)c(F)c56)c(F)c4n3)CCCN21. The van der Waals surface area contributed by atoms with Crippen LogP contribution in [0.4, 0.5) is 23.4 Å². The molecule has 4 aliphatic rings. The second-order valence-electron chi connectivity index (χ2n) is 13.7. The third-order valence-electron chi connectivity index (χ3n) is 10.8.